The summed E-state index contributed by atoms with van der Waals surface area (Å²) in [5.41, 5.74) is 7.09. The average Bonchev–Trinajstić information content (AvgIpc) is 2.84. The van der Waals surface area contributed by atoms with Gasteiger partial charge in [0.25, 0.3) is 5.91 Å². The van der Waals surface area contributed by atoms with Crippen molar-refractivity contribution in [2.24, 2.45) is 5.73 Å². The highest BCUT2D eigenvalue weighted by molar-refractivity contribution is 6.35. The SMILES string of the molecule is CC(=O)N1Cc2ccccc2N(C(=O)c2ccc(C(N)=O)cc2Cl)CC1CO. The van der Waals surface area contributed by atoms with E-state index in [1.807, 2.05) is 12.1 Å². The molecule has 2 aromatic carbocycles. The summed E-state index contributed by atoms with van der Waals surface area (Å²) in [4.78, 5) is 39.8. The zero-order valence-corrected chi connectivity index (χ0v) is 16.0. The molecule has 0 aliphatic carbocycles. The topological polar surface area (TPSA) is 104 Å². The number of benzene rings is 2. The summed E-state index contributed by atoms with van der Waals surface area (Å²) in [5, 5.41) is 9.93. The van der Waals surface area contributed by atoms with E-state index in [4.69, 9.17) is 17.3 Å². The highest BCUT2D eigenvalue weighted by Crippen LogP contribution is 2.30. The molecular formula is C20H20ClN3O4. The van der Waals surface area contributed by atoms with Gasteiger partial charge in [0.15, 0.2) is 0 Å². The van der Waals surface area contributed by atoms with Crippen LogP contribution < -0.4 is 10.6 Å². The van der Waals surface area contributed by atoms with Gasteiger partial charge in [0.2, 0.25) is 11.8 Å². The number of hydrogen-bond acceptors (Lipinski definition) is 4. The molecule has 146 valence electrons. The van der Waals surface area contributed by atoms with E-state index >= 15 is 0 Å². The lowest BCUT2D eigenvalue weighted by Gasteiger charge is -2.30. The van der Waals surface area contributed by atoms with Crippen molar-refractivity contribution in [3.8, 4) is 0 Å². The fourth-order valence-corrected chi connectivity index (χ4v) is 3.59. The molecule has 8 heteroatoms. The first-order valence-corrected chi connectivity index (χ1v) is 9.08. The molecule has 3 amide bonds. The van der Waals surface area contributed by atoms with Crippen LogP contribution in [0.15, 0.2) is 42.5 Å². The van der Waals surface area contributed by atoms with Crippen molar-refractivity contribution in [3.05, 3.63) is 64.2 Å². The number of amides is 3. The van der Waals surface area contributed by atoms with Gasteiger partial charge < -0.3 is 20.6 Å². The van der Waals surface area contributed by atoms with Crippen LogP contribution in [-0.2, 0) is 11.3 Å². The fourth-order valence-electron chi connectivity index (χ4n) is 3.33. The van der Waals surface area contributed by atoms with Gasteiger partial charge in [-0.25, -0.2) is 0 Å². The van der Waals surface area contributed by atoms with Gasteiger partial charge in [0.1, 0.15) is 0 Å². The van der Waals surface area contributed by atoms with Crippen LogP contribution in [0.1, 0.15) is 33.2 Å². The van der Waals surface area contributed by atoms with Crippen LogP contribution in [0.25, 0.3) is 0 Å². The summed E-state index contributed by atoms with van der Waals surface area (Å²) >= 11 is 6.24. The first-order chi connectivity index (χ1) is 13.3. The number of fused-ring (bicyclic) bond motifs is 1. The Morgan fingerprint density at radius 2 is 1.93 bits per heavy atom. The Balaban J connectivity index is 2.05. The number of carbonyl (C=O) groups excluding carboxylic acids is 3. The molecule has 0 radical (unpaired) electrons. The minimum Gasteiger partial charge on any atom is -0.394 e. The third kappa shape index (κ3) is 3.72. The molecule has 0 saturated carbocycles. The molecule has 1 unspecified atom stereocenters. The molecule has 28 heavy (non-hydrogen) atoms. The number of para-hydroxylation sites is 1. The van der Waals surface area contributed by atoms with Gasteiger partial charge in [-0.2, -0.15) is 0 Å². The van der Waals surface area contributed by atoms with Gasteiger partial charge in [-0.1, -0.05) is 29.8 Å². The smallest absolute Gasteiger partial charge is 0.259 e. The van der Waals surface area contributed by atoms with E-state index in [2.05, 4.69) is 0 Å². The van der Waals surface area contributed by atoms with Gasteiger partial charge >= 0.3 is 0 Å². The summed E-state index contributed by atoms with van der Waals surface area (Å²) in [6.45, 7) is 1.54. The van der Waals surface area contributed by atoms with Crippen LogP contribution in [0.5, 0.6) is 0 Å². The lowest BCUT2D eigenvalue weighted by atomic mass is 10.1. The quantitative estimate of drug-likeness (QED) is 0.818. The number of primary amides is 1. The Morgan fingerprint density at radius 3 is 2.54 bits per heavy atom. The lowest BCUT2D eigenvalue weighted by molar-refractivity contribution is -0.132. The maximum absolute atomic E-state index is 13.3. The lowest BCUT2D eigenvalue weighted by Crippen LogP contribution is -2.47. The van der Waals surface area contributed by atoms with Crippen molar-refractivity contribution in [1.82, 2.24) is 4.90 Å². The highest BCUT2D eigenvalue weighted by atomic mass is 35.5. The van der Waals surface area contributed by atoms with E-state index in [0.717, 1.165) is 5.56 Å². The number of carbonyl (C=O) groups is 3. The number of anilines is 1. The predicted molar refractivity (Wildman–Crippen MR) is 105 cm³/mol. The van der Waals surface area contributed by atoms with Gasteiger partial charge in [-0.15, -0.1) is 0 Å². The maximum Gasteiger partial charge on any atom is 0.259 e. The highest BCUT2D eigenvalue weighted by Gasteiger charge is 2.32. The molecule has 0 bridgehead atoms. The van der Waals surface area contributed by atoms with Crippen molar-refractivity contribution in [1.29, 1.82) is 0 Å². The Morgan fingerprint density at radius 1 is 1.21 bits per heavy atom. The van der Waals surface area contributed by atoms with Crippen molar-refractivity contribution < 1.29 is 19.5 Å². The van der Waals surface area contributed by atoms with Crippen molar-refractivity contribution in [2.45, 2.75) is 19.5 Å². The molecule has 1 aliphatic heterocycles. The van der Waals surface area contributed by atoms with Crippen LogP contribution in [0.2, 0.25) is 5.02 Å². The molecule has 3 N–H and O–H groups in total. The number of nitrogens with zero attached hydrogens (tertiary/aromatic N) is 2. The molecule has 0 spiro atoms. The van der Waals surface area contributed by atoms with E-state index in [9.17, 15) is 19.5 Å². The molecule has 1 atom stereocenters. The minimum absolute atomic E-state index is 0.104. The molecule has 7 nitrogen and oxygen atoms in total. The first kappa shape index (κ1) is 19.9. The Bertz CT molecular complexity index is 947. The minimum atomic E-state index is -0.640. The van der Waals surface area contributed by atoms with E-state index < -0.39 is 17.9 Å². The Kier molecular flexibility index (Phi) is 5.67. The summed E-state index contributed by atoms with van der Waals surface area (Å²) in [6, 6.07) is 10.9. The number of aliphatic hydroxyl groups excluding tert-OH is 1. The van der Waals surface area contributed by atoms with Crippen LogP contribution >= 0.6 is 11.6 Å². The molecular weight excluding hydrogens is 382 g/mol. The zero-order valence-electron chi connectivity index (χ0n) is 15.3. The second-order valence-corrected chi connectivity index (χ2v) is 6.99. The summed E-state index contributed by atoms with van der Waals surface area (Å²) < 4.78 is 0. The standard InChI is InChI=1S/C20H20ClN3O4/c1-12(26)23-9-14-4-2-3-5-18(14)24(10-15(23)11-25)20(28)16-7-6-13(19(22)27)8-17(16)21/h2-8,15,25H,9-11H2,1H3,(H2,22,27). The number of aliphatic hydroxyl groups is 1. The molecule has 2 aromatic rings. The number of halogens is 1. The second-order valence-electron chi connectivity index (χ2n) is 6.59. The van der Waals surface area contributed by atoms with Crippen LogP contribution in [0, 0.1) is 0 Å². The van der Waals surface area contributed by atoms with Crippen molar-refractivity contribution in [3.63, 3.8) is 0 Å². The second kappa shape index (κ2) is 8.00. The summed E-state index contributed by atoms with van der Waals surface area (Å²) in [6.07, 6.45) is 0. The third-order valence-corrected chi connectivity index (χ3v) is 5.11. The number of hydrogen-bond donors (Lipinski definition) is 2. The Hall–Kier alpha value is -2.90. The molecule has 1 heterocycles. The number of nitrogens with two attached hydrogens (primary N) is 1. The maximum atomic E-state index is 13.3. The molecule has 0 fully saturated rings. The fraction of sp³-hybridized carbons (Fsp3) is 0.250. The van der Waals surface area contributed by atoms with Crippen LogP contribution in [-0.4, -0.2) is 46.9 Å². The molecule has 0 saturated heterocycles. The van der Waals surface area contributed by atoms with Crippen molar-refractivity contribution in [2.75, 3.05) is 18.1 Å². The van der Waals surface area contributed by atoms with Gasteiger partial charge in [-0.3, -0.25) is 14.4 Å². The first-order valence-electron chi connectivity index (χ1n) is 8.70. The average molecular weight is 402 g/mol. The van der Waals surface area contributed by atoms with Crippen LogP contribution in [0.3, 0.4) is 0 Å². The van der Waals surface area contributed by atoms with E-state index in [0.29, 0.717) is 5.69 Å². The number of rotatable bonds is 3. The van der Waals surface area contributed by atoms with Gasteiger partial charge in [0, 0.05) is 31.3 Å². The Labute approximate surface area is 167 Å². The predicted octanol–water partition coefficient (Wildman–Crippen LogP) is 1.81. The van der Waals surface area contributed by atoms with Crippen LogP contribution in [0.4, 0.5) is 5.69 Å². The summed E-state index contributed by atoms with van der Waals surface area (Å²) in [7, 11) is 0. The van der Waals surface area contributed by atoms with Crippen molar-refractivity contribution >= 4 is 35.0 Å². The van der Waals surface area contributed by atoms with Gasteiger partial charge in [0.05, 0.1) is 23.2 Å². The normalized spacial score (nSPS) is 16.3. The largest absolute Gasteiger partial charge is 0.394 e. The molecule has 1 aliphatic rings. The van der Waals surface area contributed by atoms with Gasteiger partial charge in [-0.05, 0) is 29.8 Å². The molecule has 3 rings (SSSR count). The third-order valence-electron chi connectivity index (χ3n) is 4.80. The zero-order chi connectivity index (χ0) is 20.4. The monoisotopic (exact) mass is 401 g/mol. The summed E-state index contributed by atoms with van der Waals surface area (Å²) in [5.74, 6) is -1.22. The molecule has 0 aromatic heterocycles. The van der Waals surface area contributed by atoms with E-state index in [-0.39, 0.29) is 41.8 Å². The van der Waals surface area contributed by atoms with E-state index in [1.165, 1.54) is 30.0 Å². The van der Waals surface area contributed by atoms with E-state index in [1.54, 1.807) is 17.0 Å².